The second kappa shape index (κ2) is 8.61. The molecule has 1 N–H and O–H groups in total. The minimum atomic E-state index is -2.52. The van der Waals surface area contributed by atoms with Crippen molar-refractivity contribution in [3.05, 3.63) is 58.1 Å². The van der Waals surface area contributed by atoms with Gasteiger partial charge in [0.05, 0.1) is 4.92 Å². The van der Waals surface area contributed by atoms with Crippen LogP contribution in [0.4, 0.5) is 20.2 Å². The fourth-order valence-corrected chi connectivity index (χ4v) is 2.58. The minimum Gasteiger partial charge on any atom is -0.474 e. The van der Waals surface area contributed by atoms with Crippen LogP contribution < -0.4 is 10.1 Å². The molecule has 1 atom stereocenters. The third-order valence-corrected chi connectivity index (χ3v) is 4.05. The Hall–Kier alpha value is -2.68. The maximum atomic E-state index is 12.3. The smallest absolute Gasteiger partial charge is 0.311 e. The Morgan fingerprint density at radius 3 is 2.46 bits per heavy atom. The Kier molecular flexibility index (Phi) is 6.51. The molecule has 1 amide bonds. The van der Waals surface area contributed by atoms with Gasteiger partial charge in [-0.25, -0.2) is 0 Å². The number of nitrogens with zero attached hydrogens (tertiary/aromatic N) is 1. The van der Waals surface area contributed by atoms with Crippen molar-refractivity contribution >= 4 is 29.0 Å². The van der Waals surface area contributed by atoms with Gasteiger partial charge >= 0.3 is 5.69 Å². The van der Waals surface area contributed by atoms with Gasteiger partial charge in [0.25, 0.3) is 11.7 Å². The van der Waals surface area contributed by atoms with Gasteiger partial charge in [-0.15, -0.1) is 0 Å². The molecule has 2 aromatic carbocycles. The van der Waals surface area contributed by atoms with E-state index >= 15 is 0 Å². The molecular weight excluding hydrogens is 366 g/mol. The first-order chi connectivity index (χ1) is 12.3. The van der Waals surface area contributed by atoms with Crippen molar-refractivity contribution in [2.45, 2.75) is 30.6 Å². The van der Waals surface area contributed by atoms with E-state index in [4.69, 9.17) is 4.74 Å². The first kappa shape index (κ1) is 19.6. The lowest BCUT2D eigenvalue weighted by molar-refractivity contribution is -0.386. The molecular formula is C17H16F2N2O4S. The van der Waals surface area contributed by atoms with Gasteiger partial charge in [0.2, 0.25) is 0 Å². The average Bonchev–Trinajstić information content (AvgIpc) is 2.57. The molecule has 0 saturated heterocycles. The number of carbonyl (C=O) groups is 1. The number of alkyl halides is 2. The number of carbonyl (C=O) groups excluding carboxylic acids is 1. The molecule has 0 aliphatic carbocycles. The lowest BCUT2D eigenvalue weighted by atomic mass is 10.2. The van der Waals surface area contributed by atoms with Crippen LogP contribution >= 0.6 is 11.8 Å². The van der Waals surface area contributed by atoms with Crippen molar-refractivity contribution in [3.63, 3.8) is 0 Å². The number of nitrogens with one attached hydrogen (secondary N) is 1. The minimum absolute atomic E-state index is 0.00747. The van der Waals surface area contributed by atoms with Crippen molar-refractivity contribution in [3.8, 4) is 5.75 Å². The normalized spacial score (nSPS) is 11.9. The largest absolute Gasteiger partial charge is 0.474 e. The summed E-state index contributed by atoms with van der Waals surface area (Å²) in [6.07, 6.45) is -0.994. The maximum absolute atomic E-state index is 12.3. The number of anilines is 1. The Morgan fingerprint density at radius 2 is 1.88 bits per heavy atom. The molecule has 0 heterocycles. The van der Waals surface area contributed by atoms with Crippen LogP contribution in [0.1, 0.15) is 12.5 Å². The van der Waals surface area contributed by atoms with Crippen LogP contribution in [-0.2, 0) is 4.79 Å². The molecule has 0 radical (unpaired) electrons. The molecule has 0 saturated carbocycles. The van der Waals surface area contributed by atoms with E-state index in [1.807, 2.05) is 0 Å². The number of halogens is 2. The van der Waals surface area contributed by atoms with E-state index in [0.717, 1.165) is 0 Å². The molecule has 1 unspecified atom stereocenters. The quantitative estimate of drug-likeness (QED) is 0.429. The van der Waals surface area contributed by atoms with Crippen molar-refractivity contribution in [2.24, 2.45) is 0 Å². The third-order valence-electron chi connectivity index (χ3n) is 3.33. The van der Waals surface area contributed by atoms with Gasteiger partial charge in [0.15, 0.2) is 11.9 Å². The van der Waals surface area contributed by atoms with Crippen LogP contribution in [0.3, 0.4) is 0 Å². The zero-order chi connectivity index (χ0) is 19.3. The van der Waals surface area contributed by atoms with Gasteiger partial charge in [-0.2, -0.15) is 8.78 Å². The number of hydrogen-bond donors (Lipinski definition) is 1. The molecule has 9 heteroatoms. The zero-order valence-corrected chi connectivity index (χ0v) is 14.8. The van der Waals surface area contributed by atoms with Gasteiger partial charge in [-0.1, -0.05) is 17.8 Å². The first-order valence-corrected chi connectivity index (χ1v) is 8.41. The predicted octanol–water partition coefficient (Wildman–Crippen LogP) is 4.62. The summed E-state index contributed by atoms with van der Waals surface area (Å²) in [6, 6.07) is 10.3. The number of rotatable bonds is 7. The van der Waals surface area contributed by atoms with Crippen LogP contribution in [0.2, 0.25) is 0 Å². The summed E-state index contributed by atoms with van der Waals surface area (Å²) in [5.74, 6) is -3.05. The Labute approximate surface area is 152 Å². The van der Waals surface area contributed by atoms with E-state index in [9.17, 15) is 23.7 Å². The Bertz CT molecular complexity index is 800. The molecule has 138 valence electrons. The standard InChI is InChI=1S/C17H16F2N2O4S/c1-10-3-8-15(14(9-10)21(23)24)25-11(2)16(22)20-12-4-6-13(7-5-12)26-17(18)19/h3-9,11,17H,1-2H3,(H,20,22). The maximum Gasteiger partial charge on any atom is 0.311 e. The molecule has 0 aliphatic heterocycles. The number of ether oxygens (including phenoxy) is 1. The zero-order valence-electron chi connectivity index (χ0n) is 13.9. The summed E-state index contributed by atoms with van der Waals surface area (Å²) < 4.78 is 30.0. The summed E-state index contributed by atoms with van der Waals surface area (Å²) in [6.45, 7) is 3.17. The molecule has 0 fully saturated rings. The predicted molar refractivity (Wildman–Crippen MR) is 94.9 cm³/mol. The summed E-state index contributed by atoms with van der Waals surface area (Å²) in [5.41, 5.74) is 0.878. The van der Waals surface area contributed by atoms with Gasteiger partial charge in [0.1, 0.15) is 0 Å². The number of amides is 1. The molecule has 2 aromatic rings. The second-order valence-corrected chi connectivity index (χ2v) is 6.44. The van der Waals surface area contributed by atoms with E-state index in [-0.39, 0.29) is 11.4 Å². The lowest BCUT2D eigenvalue weighted by Crippen LogP contribution is -2.30. The second-order valence-electron chi connectivity index (χ2n) is 5.38. The molecule has 0 aliphatic rings. The monoisotopic (exact) mass is 382 g/mol. The van der Waals surface area contributed by atoms with E-state index in [1.54, 1.807) is 13.0 Å². The van der Waals surface area contributed by atoms with Crippen LogP contribution in [-0.4, -0.2) is 22.7 Å². The van der Waals surface area contributed by atoms with E-state index in [2.05, 4.69) is 5.32 Å². The highest BCUT2D eigenvalue weighted by Gasteiger charge is 2.21. The summed E-state index contributed by atoms with van der Waals surface area (Å²) in [5, 5.41) is 13.7. The van der Waals surface area contributed by atoms with Crippen LogP contribution in [0, 0.1) is 17.0 Å². The lowest BCUT2D eigenvalue weighted by Gasteiger charge is -2.15. The van der Waals surface area contributed by atoms with Crippen molar-refractivity contribution < 1.29 is 23.2 Å². The van der Waals surface area contributed by atoms with Crippen LogP contribution in [0.25, 0.3) is 0 Å². The van der Waals surface area contributed by atoms with Gasteiger partial charge in [-0.3, -0.25) is 14.9 Å². The highest BCUT2D eigenvalue weighted by Crippen LogP contribution is 2.29. The number of thioether (sulfide) groups is 1. The number of nitro benzene ring substituents is 1. The van der Waals surface area contributed by atoms with E-state index in [1.165, 1.54) is 43.3 Å². The molecule has 0 aromatic heterocycles. The van der Waals surface area contributed by atoms with Crippen molar-refractivity contribution in [2.75, 3.05) is 5.32 Å². The fraction of sp³-hybridized carbons (Fsp3) is 0.235. The highest BCUT2D eigenvalue weighted by atomic mass is 32.2. The van der Waals surface area contributed by atoms with Crippen molar-refractivity contribution in [1.82, 2.24) is 0 Å². The van der Waals surface area contributed by atoms with Crippen LogP contribution in [0.5, 0.6) is 5.75 Å². The van der Waals surface area contributed by atoms with Gasteiger partial charge in [-0.05, 0) is 49.7 Å². The van der Waals surface area contributed by atoms with Gasteiger partial charge < -0.3 is 10.1 Å². The fourth-order valence-electron chi connectivity index (χ4n) is 2.08. The number of hydrogen-bond acceptors (Lipinski definition) is 5. The first-order valence-electron chi connectivity index (χ1n) is 7.53. The molecule has 26 heavy (non-hydrogen) atoms. The van der Waals surface area contributed by atoms with E-state index in [0.29, 0.717) is 27.9 Å². The highest BCUT2D eigenvalue weighted by molar-refractivity contribution is 7.99. The Balaban J connectivity index is 2.03. The van der Waals surface area contributed by atoms with E-state index < -0.39 is 22.7 Å². The Morgan fingerprint density at radius 1 is 1.23 bits per heavy atom. The topological polar surface area (TPSA) is 81.5 Å². The number of nitro groups is 1. The average molecular weight is 382 g/mol. The third kappa shape index (κ3) is 5.41. The number of benzene rings is 2. The molecule has 0 bridgehead atoms. The SMILES string of the molecule is Cc1ccc(OC(C)C(=O)Nc2ccc(SC(F)F)cc2)c([N+](=O)[O-])c1. The summed E-state index contributed by atoms with van der Waals surface area (Å²) >= 11 is 0.405. The van der Waals surface area contributed by atoms with Gasteiger partial charge in [0, 0.05) is 16.6 Å². The molecule has 6 nitrogen and oxygen atoms in total. The number of aryl methyl sites for hydroxylation is 1. The summed E-state index contributed by atoms with van der Waals surface area (Å²) in [4.78, 5) is 23.1. The van der Waals surface area contributed by atoms with Crippen molar-refractivity contribution in [1.29, 1.82) is 0 Å². The molecule has 2 rings (SSSR count). The summed E-state index contributed by atoms with van der Waals surface area (Å²) in [7, 11) is 0. The van der Waals surface area contributed by atoms with Crippen LogP contribution in [0.15, 0.2) is 47.4 Å². The molecule has 0 spiro atoms.